The summed E-state index contributed by atoms with van der Waals surface area (Å²) in [7, 11) is 1.78. The van der Waals surface area contributed by atoms with E-state index >= 15 is 0 Å². The van der Waals surface area contributed by atoms with Crippen LogP contribution in [0.4, 0.5) is 0 Å². The van der Waals surface area contributed by atoms with E-state index in [1.165, 1.54) is 0 Å². The fourth-order valence-corrected chi connectivity index (χ4v) is 3.10. The molecule has 164 valence electrons. The molecule has 30 heavy (non-hydrogen) atoms. The number of para-hydroxylation sites is 1. The first kappa shape index (κ1) is 24.4. The van der Waals surface area contributed by atoms with Gasteiger partial charge in [0.05, 0.1) is 13.2 Å². The lowest BCUT2D eigenvalue weighted by Crippen LogP contribution is -2.37. The minimum absolute atomic E-state index is 0. The Bertz CT molecular complexity index is 752. The van der Waals surface area contributed by atoms with Crippen molar-refractivity contribution in [3.63, 3.8) is 0 Å². The lowest BCUT2D eigenvalue weighted by Gasteiger charge is -2.13. The number of guanidine groups is 1. The fourth-order valence-electron chi connectivity index (χ4n) is 3.10. The van der Waals surface area contributed by atoms with Crippen molar-refractivity contribution in [1.82, 2.24) is 10.6 Å². The van der Waals surface area contributed by atoms with Gasteiger partial charge in [0.1, 0.15) is 11.5 Å². The Morgan fingerprint density at radius 1 is 1.10 bits per heavy atom. The molecule has 1 atom stereocenters. The Kier molecular flexibility index (Phi) is 11.6. The van der Waals surface area contributed by atoms with Gasteiger partial charge in [0.2, 0.25) is 0 Å². The summed E-state index contributed by atoms with van der Waals surface area (Å²) in [6, 6.07) is 17.9. The number of nitrogens with one attached hydrogen (secondary N) is 2. The first-order chi connectivity index (χ1) is 14.3. The molecule has 1 heterocycles. The summed E-state index contributed by atoms with van der Waals surface area (Å²) < 4.78 is 17.0. The molecule has 1 aliphatic rings. The molecule has 0 spiro atoms. The highest BCUT2D eigenvalue weighted by atomic mass is 127. The van der Waals surface area contributed by atoms with Crippen molar-refractivity contribution in [2.45, 2.75) is 19.4 Å². The van der Waals surface area contributed by atoms with Crippen LogP contribution in [0.15, 0.2) is 59.6 Å². The summed E-state index contributed by atoms with van der Waals surface area (Å²) in [6.45, 7) is 4.75. The lowest BCUT2D eigenvalue weighted by molar-refractivity contribution is 0.0888. The smallest absolute Gasteiger partial charge is 0.191 e. The van der Waals surface area contributed by atoms with Gasteiger partial charge < -0.3 is 24.8 Å². The van der Waals surface area contributed by atoms with Crippen LogP contribution < -0.4 is 15.4 Å². The number of hydrogen-bond donors (Lipinski definition) is 2. The van der Waals surface area contributed by atoms with E-state index in [0.29, 0.717) is 12.5 Å². The molecule has 2 aromatic rings. The van der Waals surface area contributed by atoms with Gasteiger partial charge in [-0.05, 0) is 42.7 Å². The number of benzene rings is 2. The van der Waals surface area contributed by atoms with Crippen molar-refractivity contribution >= 4 is 29.9 Å². The molecule has 0 radical (unpaired) electrons. The number of ether oxygens (including phenoxy) is 3. The summed E-state index contributed by atoms with van der Waals surface area (Å²) in [5.41, 5.74) is 1.13. The predicted molar refractivity (Wildman–Crippen MR) is 131 cm³/mol. The maximum absolute atomic E-state index is 5.90. The first-order valence-electron chi connectivity index (χ1n) is 10.3. The monoisotopic (exact) mass is 525 g/mol. The van der Waals surface area contributed by atoms with E-state index < -0.39 is 0 Å². The number of hydrogen-bond acceptors (Lipinski definition) is 4. The quantitative estimate of drug-likeness (QED) is 0.211. The predicted octanol–water partition coefficient (Wildman–Crippen LogP) is 4.21. The van der Waals surface area contributed by atoms with Crippen LogP contribution in [0.25, 0.3) is 0 Å². The molecule has 2 N–H and O–H groups in total. The van der Waals surface area contributed by atoms with E-state index in [0.717, 1.165) is 68.8 Å². The molecule has 0 amide bonds. The molecule has 2 aromatic carbocycles. The van der Waals surface area contributed by atoms with E-state index in [-0.39, 0.29) is 24.0 Å². The third-order valence-corrected chi connectivity index (χ3v) is 4.70. The molecule has 0 saturated carbocycles. The third kappa shape index (κ3) is 8.89. The van der Waals surface area contributed by atoms with Gasteiger partial charge in [0, 0.05) is 39.3 Å². The van der Waals surface area contributed by atoms with Gasteiger partial charge in [0.15, 0.2) is 5.96 Å². The van der Waals surface area contributed by atoms with Crippen LogP contribution in [0.1, 0.15) is 18.4 Å². The zero-order valence-corrected chi connectivity index (χ0v) is 19.8. The zero-order chi connectivity index (χ0) is 20.2. The second-order valence-corrected chi connectivity index (χ2v) is 7.07. The molecular weight excluding hydrogens is 493 g/mol. The lowest BCUT2D eigenvalue weighted by atomic mass is 10.1. The second-order valence-electron chi connectivity index (χ2n) is 7.07. The Morgan fingerprint density at radius 3 is 2.70 bits per heavy atom. The van der Waals surface area contributed by atoms with Gasteiger partial charge in [0.25, 0.3) is 0 Å². The largest absolute Gasteiger partial charge is 0.457 e. The SMILES string of the molecule is CN=C(NCCCOCC1CCOC1)NCc1cccc(Oc2ccccc2)c1.I. The van der Waals surface area contributed by atoms with Crippen LogP contribution >= 0.6 is 24.0 Å². The summed E-state index contributed by atoms with van der Waals surface area (Å²) in [6.07, 6.45) is 2.06. The van der Waals surface area contributed by atoms with E-state index in [1.54, 1.807) is 7.05 Å². The van der Waals surface area contributed by atoms with E-state index in [9.17, 15) is 0 Å². The normalized spacial score (nSPS) is 16.0. The fraction of sp³-hybridized carbons (Fsp3) is 0.435. The third-order valence-electron chi connectivity index (χ3n) is 4.70. The van der Waals surface area contributed by atoms with Crippen molar-refractivity contribution in [2.24, 2.45) is 10.9 Å². The number of aliphatic imine (C=N–C) groups is 1. The highest BCUT2D eigenvalue weighted by molar-refractivity contribution is 14.0. The van der Waals surface area contributed by atoms with Crippen LogP contribution in [0.5, 0.6) is 11.5 Å². The molecule has 1 fully saturated rings. The maximum atomic E-state index is 5.90. The van der Waals surface area contributed by atoms with Gasteiger partial charge in [-0.2, -0.15) is 0 Å². The van der Waals surface area contributed by atoms with E-state index in [4.69, 9.17) is 14.2 Å². The topological polar surface area (TPSA) is 64.1 Å². The number of halogens is 1. The average molecular weight is 525 g/mol. The minimum atomic E-state index is 0. The molecule has 1 aliphatic heterocycles. The molecule has 0 aliphatic carbocycles. The Labute approximate surface area is 196 Å². The van der Waals surface area contributed by atoms with Crippen LogP contribution in [0, 0.1) is 5.92 Å². The molecule has 7 heteroatoms. The summed E-state index contributed by atoms with van der Waals surface area (Å²) >= 11 is 0. The number of nitrogens with zero attached hydrogens (tertiary/aromatic N) is 1. The highest BCUT2D eigenvalue weighted by Gasteiger charge is 2.15. The van der Waals surface area contributed by atoms with Gasteiger partial charge >= 0.3 is 0 Å². The van der Waals surface area contributed by atoms with Crippen molar-refractivity contribution in [3.05, 3.63) is 60.2 Å². The van der Waals surface area contributed by atoms with Crippen LogP contribution in [-0.2, 0) is 16.0 Å². The average Bonchev–Trinajstić information content (AvgIpc) is 3.27. The molecule has 3 rings (SSSR count). The van der Waals surface area contributed by atoms with Gasteiger partial charge in [-0.1, -0.05) is 30.3 Å². The van der Waals surface area contributed by atoms with Crippen LogP contribution in [-0.4, -0.2) is 46.0 Å². The standard InChI is InChI=1S/C23H31N3O3.HI/c1-24-23(25-12-6-13-27-17-20-11-14-28-18-20)26-16-19-7-5-10-22(15-19)29-21-8-3-2-4-9-21;/h2-5,7-10,15,20H,6,11-14,16-18H2,1H3,(H2,24,25,26);1H. The maximum Gasteiger partial charge on any atom is 0.191 e. The summed E-state index contributed by atoms with van der Waals surface area (Å²) in [4.78, 5) is 4.28. The molecule has 1 unspecified atom stereocenters. The Hall–Kier alpha value is -1.84. The molecular formula is C23H32IN3O3. The Balaban J connectivity index is 0.00000320. The van der Waals surface area contributed by atoms with Crippen molar-refractivity contribution in [3.8, 4) is 11.5 Å². The van der Waals surface area contributed by atoms with Gasteiger partial charge in [-0.15, -0.1) is 24.0 Å². The zero-order valence-electron chi connectivity index (χ0n) is 17.5. The number of rotatable bonds is 10. The van der Waals surface area contributed by atoms with Crippen LogP contribution in [0.3, 0.4) is 0 Å². The Morgan fingerprint density at radius 2 is 1.93 bits per heavy atom. The molecule has 6 nitrogen and oxygen atoms in total. The summed E-state index contributed by atoms with van der Waals surface area (Å²) in [5.74, 6) is 3.00. The second kappa shape index (κ2) is 14.2. The summed E-state index contributed by atoms with van der Waals surface area (Å²) in [5, 5.41) is 6.66. The molecule has 0 aromatic heterocycles. The van der Waals surface area contributed by atoms with Gasteiger partial charge in [-0.3, -0.25) is 4.99 Å². The highest BCUT2D eigenvalue weighted by Crippen LogP contribution is 2.21. The van der Waals surface area contributed by atoms with Crippen molar-refractivity contribution in [1.29, 1.82) is 0 Å². The van der Waals surface area contributed by atoms with Crippen molar-refractivity contribution < 1.29 is 14.2 Å². The molecule has 1 saturated heterocycles. The van der Waals surface area contributed by atoms with Crippen molar-refractivity contribution in [2.75, 3.05) is 40.0 Å². The van der Waals surface area contributed by atoms with Gasteiger partial charge in [-0.25, -0.2) is 0 Å². The van der Waals surface area contributed by atoms with E-state index in [1.807, 2.05) is 48.5 Å². The first-order valence-corrected chi connectivity index (χ1v) is 10.3. The minimum Gasteiger partial charge on any atom is -0.457 e. The molecule has 0 bridgehead atoms. The van der Waals surface area contributed by atoms with Crippen LogP contribution in [0.2, 0.25) is 0 Å². The van der Waals surface area contributed by atoms with E-state index in [2.05, 4.69) is 21.7 Å².